The van der Waals surface area contributed by atoms with Gasteiger partial charge in [-0.25, -0.2) is 0 Å². The molecule has 0 aromatic carbocycles. The van der Waals surface area contributed by atoms with Crippen LogP contribution in [-0.4, -0.2) is 27.6 Å². The maximum atomic E-state index is 12.2. The predicted molar refractivity (Wildman–Crippen MR) is 77.8 cm³/mol. The van der Waals surface area contributed by atoms with Gasteiger partial charge in [0.05, 0.1) is 12.0 Å². The molecule has 1 rings (SSSR count). The maximum Gasteiger partial charge on any atom is 0.305 e. The zero-order valence-corrected chi connectivity index (χ0v) is 12.8. The molecule has 0 aliphatic rings. The number of nitrogens with one attached hydrogen (secondary N) is 1. The Bertz CT molecular complexity index is 484. The van der Waals surface area contributed by atoms with Crippen molar-refractivity contribution in [3.63, 3.8) is 0 Å². The minimum absolute atomic E-state index is 0.0661. The molecule has 2 N–H and O–H groups in total. The number of hydrogen-bond donors (Lipinski definition) is 2. The van der Waals surface area contributed by atoms with Gasteiger partial charge in [-0.05, 0) is 32.8 Å². The summed E-state index contributed by atoms with van der Waals surface area (Å²) < 4.78 is 1.96. The lowest BCUT2D eigenvalue weighted by Crippen LogP contribution is -2.40. The van der Waals surface area contributed by atoms with Gasteiger partial charge in [0.15, 0.2) is 0 Å². The van der Waals surface area contributed by atoms with Gasteiger partial charge in [0.1, 0.15) is 0 Å². The summed E-state index contributed by atoms with van der Waals surface area (Å²) in [4.78, 5) is 23.0. The number of carbonyl (C=O) groups is 2. The number of carbonyl (C=O) groups excluding carboxylic acids is 1. The van der Waals surface area contributed by atoms with E-state index in [1.54, 1.807) is 12.3 Å². The molecule has 1 heterocycles. The zero-order valence-electron chi connectivity index (χ0n) is 12.8. The highest BCUT2D eigenvalue weighted by Crippen LogP contribution is 2.16. The largest absolute Gasteiger partial charge is 0.481 e. The predicted octanol–water partition coefficient (Wildman–Crippen LogP) is 2.47. The summed E-state index contributed by atoms with van der Waals surface area (Å²) in [7, 11) is 0. The monoisotopic (exact) mass is 280 g/mol. The van der Waals surface area contributed by atoms with E-state index < -0.39 is 5.97 Å². The van der Waals surface area contributed by atoms with Crippen molar-refractivity contribution in [1.82, 2.24) is 9.88 Å². The molecule has 1 aromatic heterocycles. The van der Waals surface area contributed by atoms with Crippen molar-refractivity contribution in [2.45, 2.75) is 52.6 Å². The Morgan fingerprint density at radius 2 is 1.95 bits per heavy atom. The van der Waals surface area contributed by atoms with Crippen LogP contribution in [0.25, 0.3) is 0 Å². The molecule has 0 aliphatic heterocycles. The van der Waals surface area contributed by atoms with Gasteiger partial charge in [0, 0.05) is 24.0 Å². The second-order valence-electron chi connectivity index (χ2n) is 6.40. The summed E-state index contributed by atoms with van der Waals surface area (Å²) in [5, 5.41) is 11.7. The first-order valence-corrected chi connectivity index (χ1v) is 6.82. The molecule has 1 aromatic rings. The maximum absolute atomic E-state index is 12.2. The first kappa shape index (κ1) is 16.3. The van der Waals surface area contributed by atoms with Crippen LogP contribution < -0.4 is 5.32 Å². The standard InChI is InChI=1S/C15H24N2O3/c1-10(2)12(8-13(18)19)16-14(20)11-6-7-17(9-11)15(3,4)5/h6-7,9-10,12H,8H2,1-5H3,(H,16,20)(H,18,19). The van der Waals surface area contributed by atoms with Crippen LogP contribution in [0.5, 0.6) is 0 Å². The second-order valence-corrected chi connectivity index (χ2v) is 6.40. The van der Waals surface area contributed by atoms with Crippen molar-refractivity contribution in [2.75, 3.05) is 0 Å². The first-order chi connectivity index (χ1) is 9.11. The van der Waals surface area contributed by atoms with E-state index in [1.165, 1.54) is 0 Å². The third-order valence-corrected chi connectivity index (χ3v) is 3.25. The normalized spacial score (nSPS) is 13.3. The average molecular weight is 280 g/mol. The van der Waals surface area contributed by atoms with E-state index in [1.807, 2.05) is 24.6 Å². The Morgan fingerprint density at radius 1 is 1.35 bits per heavy atom. The van der Waals surface area contributed by atoms with Crippen molar-refractivity contribution in [1.29, 1.82) is 0 Å². The van der Waals surface area contributed by atoms with Crippen molar-refractivity contribution < 1.29 is 14.7 Å². The minimum atomic E-state index is -0.906. The Hall–Kier alpha value is -1.78. The van der Waals surface area contributed by atoms with E-state index in [4.69, 9.17) is 5.11 Å². The van der Waals surface area contributed by atoms with Crippen LogP contribution in [-0.2, 0) is 10.3 Å². The highest BCUT2D eigenvalue weighted by atomic mass is 16.4. The molecule has 0 spiro atoms. The molecule has 5 nitrogen and oxygen atoms in total. The van der Waals surface area contributed by atoms with E-state index in [2.05, 4.69) is 26.1 Å². The number of carboxylic acid groups (broad SMARTS) is 1. The molecule has 1 atom stereocenters. The second kappa shape index (κ2) is 6.11. The van der Waals surface area contributed by atoms with Crippen LogP contribution >= 0.6 is 0 Å². The topological polar surface area (TPSA) is 71.3 Å². The first-order valence-electron chi connectivity index (χ1n) is 6.82. The fourth-order valence-corrected chi connectivity index (χ4v) is 1.84. The van der Waals surface area contributed by atoms with Gasteiger partial charge in [-0.1, -0.05) is 13.8 Å². The van der Waals surface area contributed by atoms with Crippen LogP contribution in [0.3, 0.4) is 0 Å². The third kappa shape index (κ3) is 4.40. The van der Waals surface area contributed by atoms with Gasteiger partial charge >= 0.3 is 5.97 Å². The summed E-state index contributed by atoms with van der Waals surface area (Å²) in [5.74, 6) is -1.07. The molecule has 0 fully saturated rings. The average Bonchev–Trinajstić information content (AvgIpc) is 2.75. The number of hydrogen-bond acceptors (Lipinski definition) is 2. The van der Waals surface area contributed by atoms with Crippen LogP contribution in [0.4, 0.5) is 0 Å². The molecule has 5 heteroatoms. The van der Waals surface area contributed by atoms with Crippen LogP contribution in [0, 0.1) is 5.92 Å². The van der Waals surface area contributed by atoms with Gasteiger partial charge in [-0.3, -0.25) is 9.59 Å². The molecule has 0 saturated carbocycles. The summed E-state index contributed by atoms with van der Waals surface area (Å²) in [5.41, 5.74) is 0.466. The SMILES string of the molecule is CC(C)C(CC(=O)O)NC(=O)c1ccn(C(C)(C)C)c1. The number of aliphatic carboxylic acids is 1. The molecular weight excluding hydrogens is 256 g/mol. The molecule has 0 saturated heterocycles. The van der Waals surface area contributed by atoms with Crippen LogP contribution in [0.2, 0.25) is 0 Å². The highest BCUT2D eigenvalue weighted by Gasteiger charge is 2.21. The lowest BCUT2D eigenvalue weighted by Gasteiger charge is -2.21. The van der Waals surface area contributed by atoms with E-state index >= 15 is 0 Å². The molecule has 0 radical (unpaired) electrons. The van der Waals surface area contributed by atoms with Crippen molar-refractivity contribution >= 4 is 11.9 Å². The lowest BCUT2D eigenvalue weighted by atomic mass is 10.0. The Labute approximate surface area is 120 Å². The van der Waals surface area contributed by atoms with E-state index in [9.17, 15) is 9.59 Å². The molecular formula is C15H24N2O3. The van der Waals surface area contributed by atoms with Crippen molar-refractivity contribution in [3.8, 4) is 0 Å². The molecule has 112 valence electrons. The third-order valence-electron chi connectivity index (χ3n) is 3.25. The molecule has 0 aliphatic carbocycles. The van der Waals surface area contributed by atoms with E-state index in [0.717, 1.165) is 0 Å². The van der Waals surface area contributed by atoms with Gasteiger partial charge in [0.2, 0.25) is 0 Å². The summed E-state index contributed by atoms with van der Waals surface area (Å²) in [6, 6.07) is 1.39. The Balaban J connectivity index is 2.79. The number of nitrogens with zero attached hydrogens (tertiary/aromatic N) is 1. The smallest absolute Gasteiger partial charge is 0.305 e. The van der Waals surface area contributed by atoms with Gasteiger partial charge in [0.25, 0.3) is 5.91 Å². The number of rotatable bonds is 5. The zero-order chi connectivity index (χ0) is 15.5. The summed E-state index contributed by atoms with van der Waals surface area (Å²) in [6.07, 6.45) is 3.58. The van der Waals surface area contributed by atoms with Gasteiger partial charge < -0.3 is 15.0 Å². The Kier molecular flexibility index (Phi) is 4.98. The summed E-state index contributed by atoms with van der Waals surface area (Å²) >= 11 is 0. The number of aromatic nitrogens is 1. The van der Waals surface area contributed by atoms with Crippen molar-refractivity contribution in [2.24, 2.45) is 5.92 Å². The molecule has 0 bridgehead atoms. The lowest BCUT2D eigenvalue weighted by molar-refractivity contribution is -0.137. The fourth-order valence-electron chi connectivity index (χ4n) is 1.84. The molecule has 1 unspecified atom stereocenters. The fraction of sp³-hybridized carbons (Fsp3) is 0.600. The van der Waals surface area contributed by atoms with Crippen LogP contribution in [0.15, 0.2) is 18.5 Å². The Morgan fingerprint density at radius 3 is 2.35 bits per heavy atom. The summed E-state index contributed by atoms with van der Waals surface area (Å²) in [6.45, 7) is 9.95. The van der Waals surface area contributed by atoms with Gasteiger partial charge in [-0.2, -0.15) is 0 Å². The van der Waals surface area contributed by atoms with E-state index in [-0.39, 0.29) is 29.8 Å². The van der Waals surface area contributed by atoms with Gasteiger partial charge in [-0.15, -0.1) is 0 Å². The molecule has 20 heavy (non-hydrogen) atoms. The minimum Gasteiger partial charge on any atom is -0.481 e. The number of amides is 1. The van der Waals surface area contributed by atoms with E-state index in [0.29, 0.717) is 5.56 Å². The quantitative estimate of drug-likeness (QED) is 0.870. The molecule has 1 amide bonds. The van der Waals surface area contributed by atoms with Crippen molar-refractivity contribution in [3.05, 3.63) is 24.0 Å². The highest BCUT2D eigenvalue weighted by molar-refractivity contribution is 5.94. The van der Waals surface area contributed by atoms with Crippen LogP contribution in [0.1, 0.15) is 51.4 Å². The number of carboxylic acids is 1.